The first kappa shape index (κ1) is 43.0. The molecule has 4 fully saturated rings. The van der Waals surface area contributed by atoms with E-state index in [2.05, 4.69) is 16.4 Å². The second kappa shape index (κ2) is 16.2. The molecule has 326 valence electrons. The molecular formula is C48H57FN2O10. The Morgan fingerprint density at radius 3 is 2.48 bits per heavy atom. The lowest BCUT2D eigenvalue weighted by Crippen LogP contribution is -2.70. The van der Waals surface area contributed by atoms with Crippen molar-refractivity contribution < 1.29 is 53.0 Å². The topological polar surface area (TPSA) is 169 Å². The first-order valence-electron chi connectivity index (χ1n) is 21.2. The maximum Gasteiger partial charge on any atom is 0.193 e. The van der Waals surface area contributed by atoms with Crippen LogP contribution in [0.5, 0.6) is 17.2 Å². The zero-order valence-electron chi connectivity index (χ0n) is 35.4. The van der Waals surface area contributed by atoms with E-state index in [1.807, 2.05) is 67.6 Å². The number of aromatic nitrogens is 1. The Labute approximate surface area is 355 Å². The van der Waals surface area contributed by atoms with E-state index in [-0.39, 0.29) is 24.7 Å². The van der Waals surface area contributed by atoms with Crippen molar-refractivity contribution in [2.75, 3.05) is 40.0 Å². The average molecular weight is 841 g/mol. The summed E-state index contributed by atoms with van der Waals surface area (Å²) in [6.45, 7) is 8.12. The van der Waals surface area contributed by atoms with Gasteiger partial charge in [-0.3, -0.25) is 9.59 Å². The summed E-state index contributed by atoms with van der Waals surface area (Å²) in [5, 5.41) is 36.8. The molecule has 12 nitrogen and oxygen atoms in total. The molecule has 0 bridgehead atoms. The molecule has 9 rings (SSSR count). The van der Waals surface area contributed by atoms with Crippen LogP contribution in [0.3, 0.4) is 0 Å². The first-order chi connectivity index (χ1) is 29.1. The minimum atomic E-state index is -1.98. The predicted octanol–water partition coefficient (Wildman–Crippen LogP) is 6.16. The molecule has 0 amide bonds. The smallest absolute Gasteiger partial charge is 0.193 e. The summed E-state index contributed by atoms with van der Waals surface area (Å²) in [4.78, 5) is 28.5. The van der Waals surface area contributed by atoms with Gasteiger partial charge in [-0.2, -0.15) is 0 Å². The Morgan fingerprint density at radius 1 is 0.984 bits per heavy atom. The number of para-hydroxylation sites is 3. The van der Waals surface area contributed by atoms with Gasteiger partial charge in [-0.1, -0.05) is 55.0 Å². The van der Waals surface area contributed by atoms with Crippen LogP contribution in [0.1, 0.15) is 53.4 Å². The number of aliphatic hydroxyl groups excluding tert-OH is 3. The molecular weight excluding hydrogens is 784 g/mol. The summed E-state index contributed by atoms with van der Waals surface area (Å²) in [5.74, 6) is -0.278. The second-order valence-electron chi connectivity index (χ2n) is 17.9. The normalized spacial score (nSPS) is 32.5. The van der Waals surface area contributed by atoms with Crippen molar-refractivity contribution in [2.24, 2.45) is 22.7 Å². The number of halogens is 1. The molecule has 4 aliphatic carbocycles. The molecule has 0 spiro atoms. The zero-order valence-corrected chi connectivity index (χ0v) is 35.4. The number of carbonyl (C=O) groups excluding carboxylic acids is 2. The van der Waals surface area contributed by atoms with Crippen LogP contribution < -0.4 is 19.5 Å². The van der Waals surface area contributed by atoms with E-state index in [4.69, 9.17) is 23.7 Å². The molecule has 61 heavy (non-hydrogen) atoms. The number of methoxy groups -OCH3 is 1. The fourth-order valence-electron chi connectivity index (χ4n) is 11.4. The van der Waals surface area contributed by atoms with Crippen molar-refractivity contribution in [1.29, 1.82) is 0 Å². The van der Waals surface area contributed by atoms with Crippen molar-refractivity contribution in [2.45, 2.75) is 88.7 Å². The number of rotatable bonds is 12. The monoisotopic (exact) mass is 840 g/mol. The molecule has 1 saturated heterocycles. The van der Waals surface area contributed by atoms with Crippen LogP contribution in [0.2, 0.25) is 0 Å². The third-order valence-corrected chi connectivity index (χ3v) is 14.1. The van der Waals surface area contributed by atoms with E-state index in [1.54, 1.807) is 34.0 Å². The molecule has 3 aromatic carbocycles. The zero-order chi connectivity index (χ0) is 43.4. The van der Waals surface area contributed by atoms with Gasteiger partial charge >= 0.3 is 0 Å². The highest BCUT2D eigenvalue weighted by atomic mass is 19.1. The lowest BCUT2D eigenvalue weighted by atomic mass is 9.44. The number of ether oxygens (including phenoxy) is 5. The molecule has 0 radical (unpaired) electrons. The third-order valence-electron chi connectivity index (χ3n) is 14.1. The average Bonchev–Trinajstić information content (AvgIpc) is 3.84. The highest BCUT2D eigenvalue weighted by molar-refractivity contribution is 6.10. The van der Waals surface area contributed by atoms with E-state index in [0.29, 0.717) is 50.5 Å². The van der Waals surface area contributed by atoms with Gasteiger partial charge in [-0.15, -0.1) is 0 Å². The van der Waals surface area contributed by atoms with Crippen LogP contribution in [0, 0.1) is 22.7 Å². The summed E-state index contributed by atoms with van der Waals surface area (Å²) in [7, 11) is 1.62. The van der Waals surface area contributed by atoms with Crippen molar-refractivity contribution in [3.63, 3.8) is 0 Å². The van der Waals surface area contributed by atoms with Gasteiger partial charge in [0.05, 0.1) is 24.8 Å². The summed E-state index contributed by atoms with van der Waals surface area (Å²) in [6.07, 6.45) is 3.37. The summed E-state index contributed by atoms with van der Waals surface area (Å²) in [5.41, 5.74) is -2.57. The van der Waals surface area contributed by atoms with Gasteiger partial charge in [0, 0.05) is 46.1 Å². The van der Waals surface area contributed by atoms with Crippen LogP contribution in [0.15, 0.2) is 90.5 Å². The number of fused-ring (bicyclic) bond motifs is 10. The molecule has 9 atom stereocenters. The van der Waals surface area contributed by atoms with E-state index in [9.17, 15) is 24.9 Å². The van der Waals surface area contributed by atoms with Crippen LogP contribution in [0.4, 0.5) is 4.39 Å². The SMILES string of the molecule is CC1(C)O[C@@H]2C[C@H]3[C@@H]4CCC5=CC(=O)C=C[C@]5(C)[C@@]4(F)[C@@H](O)C[C@]3(C)[C@]2(C(=O)CO)O1.COc1ccccc1OCCNCC(O)COc1cccc2[nH]c3ccccc3c12. The minimum Gasteiger partial charge on any atom is -0.493 e. The van der Waals surface area contributed by atoms with Gasteiger partial charge in [-0.05, 0) is 94.9 Å². The van der Waals surface area contributed by atoms with Gasteiger partial charge in [0.2, 0.25) is 0 Å². The van der Waals surface area contributed by atoms with Gasteiger partial charge in [0.1, 0.15) is 31.7 Å². The number of benzene rings is 3. The number of alkyl halides is 1. The molecule has 3 saturated carbocycles. The fourth-order valence-corrected chi connectivity index (χ4v) is 11.4. The number of hydrogen-bond acceptors (Lipinski definition) is 11. The fraction of sp³-hybridized carbons (Fsp3) is 0.500. The Kier molecular flexibility index (Phi) is 11.5. The summed E-state index contributed by atoms with van der Waals surface area (Å²) >= 11 is 0. The predicted molar refractivity (Wildman–Crippen MR) is 227 cm³/mol. The third kappa shape index (κ3) is 7.07. The van der Waals surface area contributed by atoms with Crippen LogP contribution in [0.25, 0.3) is 21.8 Å². The number of aromatic amines is 1. The van der Waals surface area contributed by atoms with Gasteiger partial charge in [-0.25, -0.2) is 4.39 Å². The van der Waals surface area contributed by atoms with E-state index < -0.39 is 64.5 Å². The molecule has 1 aliphatic heterocycles. The number of aliphatic hydroxyl groups is 3. The molecule has 1 aromatic heterocycles. The Morgan fingerprint density at radius 2 is 1.70 bits per heavy atom. The minimum absolute atomic E-state index is 0.0109. The Hall–Kier alpha value is -4.63. The van der Waals surface area contributed by atoms with Crippen LogP contribution >= 0.6 is 0 Å². The number of hydrogen-bond donors (Lipinski definition) is 5. The largest absolute Gasteiger partial charge is 0.493 e. The highest BCUT2D eigenvalue weighted by Gasteiger charge is 2.80. The quantitative estimate of drug-likeness (QED) is 0.104. The number of carbonyl (C=O) groups is 2. The maximum atomic E-state index is 17.1. The number of allylic oxidation sites excluding steroid dienone is 4. The lowest BCUT2D eigenvalue weighted by molar-refractivity contribution is -0.246. The van der Waals surface area contributed by atoms with E-state index in [1.165, 1.54) is 12.2 Å². The summed E-state index contributed by atoms with van der Waals surface area (Å²) in [6, 6.07) is 21.6. The number of ketones is 2. The molecule has 5 N–H and O–H groups in total. The van der Waals surface area contributed by atoms with Crippen LogP contribution in [-0.4, -0.2) is 107 Å². The number of H-pyrrole nitrogens is 1. The number of nitrogens with one attached hydrogen (secondary N) is 2. The van der Waals surface area contributed by atoms with Crippen molar-refractivity contribution in [3.05, 3.63) is 90.5 Å². The molecule has 1 unspecified atom stereocenters. The Balaban J connectivity index is 0.000000169. The van der Waals surface area contributed by atoms with Gasteiger partial charge in [0.25, 0.3) is 0 Å². The first-order valence-corrected chi connectivity index (χ1v) is 21.2. The molecule has 2 heterocycles. The van der Waals surface area contributed by atoms with Crippen molar-refractivity contribution in [3.8, 4) is 17.2 Å². The van der Waals surface area contributed by atoms with Crippen LogP contribution in [-0.2, 0) is 19.1 Å². The number of Topliss-reactive ketones (excluding diaryl/α,β-unsaturated/α-hetero) is 1. The van der Waals surface area contributed by atoms with E-state index in [0.717, 1.165) is 33.1 Å². The summed E-state index contributed by atoms with van der Waals surface area (Å²) < 4.78 is 46.4. The maximum absolute atomic E-state index is 17.1. The van der Waals surface area contributed by atoms with Gasteiger partial charge < -0.3 is 49.3 Å². The van der Waals surface area contributed by atoms with Crippen molar-refractivity contribution in [1.82, 2.24) is 10.3 Å². The standard InChI is InChI=1S/C24H31FO6.C24H26N2O4/c1-20(2)30-19-10-16-15-6-5-13-9-14(27)7-8-21(13,3)23(15,25)17(28)11-22(16,4)24(19,31-20)18(29)12-26;1-28-21-10-4-5-11-22(21)29-14-13-25-15-17(27)16-30-23-12-6-9-20-24(23)18-7-2-3-8-19(18)26-20/h7-9,15-17,19,26,28H,5-6,10-12H2,1-4H3;2-12,17,25-27H,13-16H2,1H3/t15-,16-,17-,19+,21-,22-,23-,24+;/m0./s1. The second-order valence-corrected chi connectivity index (χ2v) is 17.9. The molecule has 13 heteroatoms. The lowest BCUT2D eigenvalue weighted by Gasteiger charge is -2.62. The van der Waals surface area contributed by atoms with Gasteiger partial charge in [0.15, 0.2) is 40.1 Å². The Bertz CT molecular complexity index is 2360. The molecule has 5 aliphatic rings. The highest BCUT2D eigenvalue weighted by Crippen LogP contribution is 2.72. The van der Waals surface area contributed by atoms with E-state index >= 15 is 4.39 Å². The molecule has 4 aromatic rings. The van der Waals surface area contributed by atoms with Crippen molar-refractivity contribution >= 4 is 33.4 Å².